The van der Waals surface area contributed by atoms with Gasteiger partial charge < -0.3 is 10.3 Å². The standard InChI is InChI=1S/C16H11F6N5/c17-15(18,19)10-6-12(27-14(26-10)9-4-2-1-3-5-9)24-8-13-23-7-11(25-13)16(20,21)22/h1-7H,8H2,(H,23,25)(H,24,26,27). The molecule has 0 radical (unpaired) electrons. The zero-order valence-corrected chi connectivity index (χ0v) is 13.4. The highest BCUT2D eigenvalue weighted by Crippen LogP contribution is 2.31. The third-order valence-corrected chi connectivity index (χ3v) is 3.42. The molecule has 0 aliphatic rings. The van der Waals surface area contributed by atoms with Gasteiger partial charge in [0.05, 0.1) is 12.7 Å². The maximum atomic E-state index is 13.1. The summed E-state index contributed by atoms with van der Waals surface area (Å²) in [6.07, 6.45) is -8.70. The van der Waals surface area contributed by atoms with Gasteiger partial charge in [0.25, 0.3) is 0 Å². The predicted octanol–water partition coefficient (Wildman–Crippen LogP) is 4.52. The third kappa shape index (κ3) is 4.54. The van der Waals surface area contributed by atoms with E-state index in [-0.39, 0.29) is 24.0 Å². The number of H-pyrrole nitrogens is 1. The number of nitrogens with one attached hydrogen (secondary N) is 2. The summed E-state index contributed by atoms with van der Waals surface area (Å²) < 4.78 is 77.0. The second kappa shape index (κ2) is 6.89. The molecule has 3 rings (SSSR count). The van der Waals surface area contributed by atoms with Gasteiger partial charge >= 0.3 is 12.4 Å². The summed E-state index contributed by atoms with van der Waals surface area (Å²) >= 11 is 0. The maximum Gasteiger partial charge on any atom is 0.433 e. The molecule has 2 heterocycles. The Morgan fingerprint density at radius 2 is 1.63 bits per heavy atom. The molecule has 11 heteroatoms. The van der Waals surface area contributed by atoms with E-state index in [0.29, 0.717) is 17.8 Å². The molecular weight excluding hydrogens is 376 g/mol. The zero-order chi connectivity index (χ0) is 19.7. The molecule has 1 aromatic carbocycles. The summed E-state index contributed by atoms with van der Waals surface area (Å²) in [6.45, 7) is -0.279. The number of alkyl halides is 6. The van der Waals surface area contributed by atoms with E-state index in [1.807, 2.05) is 0 Å². The Bertz CT molecular complexity index is 917. The molecule has 0 bridgehead atoms. The first kappa shape index (κ1) is 18.7. The van der Waals surface area contributed by atoms with E-state index >= 15 is 0 Å². The van der Waals surface area contributed by atoms with Gasteiger partial charge in [-0.15, -0.1) is 0 Å². The summed E-state index contributed by atoms with van der Waals surface area (Å²) in [5.41, 5.74) is -1.86. The fourth-order valence-corrected chi connectivity index (χ4v) is 2.17. The van der Waals surface area contributed by atoms with E-state index in [9.17, 15) is 26.3 Å². The van der Waals surface area contributed by atoms with E-state index < -0.39 is 23.7 Å². The van der Waals surface area contributed by atoms with Gasteiger partial charge in [-0.25, -0.2) is 15.0 Å². The highest BCUT2D eigenvalue weighted by molar-refractivity contribution is 5.57. The van der Waals surface area contributed by atoms with Crippen LogP contribution in [-0.2, 0) is 18.9 Å². The van der Waals surface area contributed by atoms with Gasteiger partial charge in [0.2, 0.25) is 0 Å². The Morgan fingerprint density at radius 1 is 0.926 bits per heavy atom. The van der Waals surface area contributed by atoms with E-state index in [1.54, 1.807) is 30.3 Å². The average molecular weight is 387 g/mol. The van der Waals surface area contributed by atoms with Crippen molar-refractivity contribution in [2.24, 2.45) is 0 Å². The summed E-state index contributed by atoms with van der Waals surface area (Å²) in [4.78, 5) is 13.1. The molecule has 0 fully saturated rings. The lowest BCUT2D eigenvalue weighted by atomic mass is 10.2. The van der Waals surface area contributed by atoms with Crippen LogP contribution < -0.4 is 5.32 Å². The van der Waals surface area contributed by atoms with Crippen LogP contribution in [0.1, 0.15) is 17.2 Å². The number of aromatic nitrogens is 4. The fraction of sp³-hybridized carbons (Fsp3) is 0.188. The number of rotatable bonds is 4. The van der Waals surface area contributed by atoms with Crippen molar-refractivity contribution in [3.8, 4) is 11.4 Å². The van der Waals surface area contributed by atoms with Gasteiger partial charge in [-0.2, -0.15) is 26.3 Å². The highest BCUT2D eigenvalue weighted by atomic mass is 19.4. The van der Waals surface area contributed by atoms with Crippen LogP contribution in [0, 0.1) is 0 Å². The number of halogens is 6. The average Bonchev–Trinajstić information content (AvgIpc) is 3.09. The SMILES string of the molecule is FC(F)(F)c1cc(NCc2ncc(C(F)(F)F)[nH]2)nc(-c2ccccc2)n1. The van der Waals surface area contributed by atoms with E-state index in [0.717, 1.165) is 0 Å². The van der Waals surface area contributed by atoms with Gasteiger partial charge in [0.15, 0.2) is 11.5 Å². The lowest BCUT2D eigenvalue weighted by Crippen LogP contribution is -2.12. The van der Waals surface area contributed by atoms with Crippen molar-refractivity contribution in [1.29, 1.82) is 0 Å². The minimum atomic E-state index is -4.71. The highest BCUT2D eigenvalue weighted by Gasteiger charge is 2.34. The quantitative estimate of drug-likeness (QED) is 0.647. The second-order valence-corrected chi connectivity index (χ2v) is 5.42. The minimum Gasteiger partial charge on any atom is -0.363 e. The number of hydrogen-bond donors (Lipinski definition) is 2. The van der Waals surface area contributed by atoms with Gasteiger partial charge in [-0.1, -0.05) is 30.3 Å². The molecular formula is C16H11F6N5. The van der Waals surface area contributed by atoms with Crippen LogP contribution in [0.4, 0.5) is 32.2 Å². The molecule has 0 aliphatic carbocycles. The fourth-order valence-electron chi connectivity index (χ4n) is 2.17. The lowest BCUT2D eigenvalue weighted by molar-refractivity contribution is -0.141. The van der Waals surface area contributed by atoms with E-state index in [1.165, 1.54) is 0 Å². The van der Waals surface area contributed by atoms with Crippen LogP contribution in [0.2, 0.25) is 0 Å². The van der Waals surface area contributed by atoms with E-state index in [4.69, 9.17) is 0 Å². The molecule has 142 valence electrons. The molecule has 0 atom stereocenters. The molecule has 2 aromatic heterocycles. The van der Waals surface area contributed by atoms with Gasteiger partial charge in [0, 0.05) is 11.6 Å². The first-order chi connectivity index (χ1) is 12.6. The molecule has 0 amide bonds. The predicted molar refractivity (Wildman–Crippen MR) is 83.4 cm³/mol. The number of anilines is 1. The van der Waals surface area contributed by atoms with Crippen molar-refractivity contribution < 1.29 is 26.3 Å². The molecule has 0 spiro atoms. The number of nitrogens with zero attached hydrogens (tertiary/aromatic N) is 3. The Balaban J connectivity index is 1.87. The van der Waals surface area contributed by atoms with Crippen molar-refractivity contribution in [1.82, 2.24) is 19.9 Å². The van der Waals surface area contributed by atoms with Crippen molar-refractivity contribution in [2.45, 2.75) is 18.9 Å². The smallest absolute Gasteiger partial charge is 0.363 e. The number of hydrogen-bond acceptors (Lipinski definition) is 4. The normalized spacial score (nSPS) is 12.2. The number of imidazole rings is 1. The van der Waals surface area contributed by atoms with Crippen molar-refractivity contribution in [3.63, 3.8) is 0 Å². The van der Waals surface area contributed by atoms with Crippen LogP contribution in [0.15, 0.2) is 42.6 Å². The van der Waals surface area contributed by atoms with Gasteiger partial charge in [0.1, 0.15) is 17.3 Å². The van der Waals surface area contributed by atoms with E-state index in [2.05, 4.69) is 25.3 Å². The van der Waals surface area contributed by atoms with Crippen LogP contribution in [0.5, 0.6) is 0 Å². The Morgan fingerprint density at radius 3 is 2.22 bits per heavy atom. The Kier molecular flexibility index (Phi) is 4.77. The first-order valence-corrected chi connectivity index (χ1v) is 7.49. The minimum absolute atomic E-state index is 0.101. The summed E-state index contributed by atoms with van der Waals surface area (Å²) in [7, 11) is 0. The lowest BCUT2D eigenvalue weighted by Gasteiger charge is -2.11. The molecule has 2 N–H and O–H groups in total. The van der Waals surface area contributed by atoms with Gasteiger partial charge in [-0.3, -0.25) is 0 Å². The number of aromatic amines is 1. The Hall–Kier alpha value is -3.11. The maximum absolute atomic E-state index is 13.1. The topological polar surface area (TPSA) is 66.5 Å². The summed E-state index contributed by atoms with van der Waals surface area (Å²) in [5.74, 6) is -0.458. The molecule has 5 nitrogen and oxygen atoms in total. The first-order valence-electron chi connectivity index (χ1n) is 7.49. The summed E-state index contributed by atoms with van der Waals surface area (Å²) in [5, 5.41) is 2.54. The van der Waals surface area contributed by atoms with Gasteiger partial charge in [-0.05, 0) is 0 Å². The molecule has 0 saturated carbocycles. The van der Waals surface area contributed by atoms with Crippen LogP contribution in [-0.4, -0.2) is 19.9 Å². The third-order valence-electron chi connectivity index (χ3n) is 3.42. The zero-order valence-electron chi connectivity index (χ0n) is 13.4. The molecule has 0 unspecified atom stereocenters. The second-order valence-electron chi connectivity index (χ2n) is 5.42. The molecule has 3 aromatic rings. The van der Waals surface area contributed by atoms with Crippen LogP contribution in [0.25, 0.3) is 11.4 Å². The van der Waals surface area contributed by atoms with Crippen molar-refractivity contribution in [2.75, 3.05) is 5.32 Å². The monoisotopic (exact) mass is 387 g/mol. The van der Waals surface area contributed by atoms with Crippen molar-refractivity contribution >= 4 is 5.82 Å². The number of benzene rings is 1. The van der Waals surface area contributed by atoms with Crippen LogP contribution >= 0.6 is 0 Å². The largest absolute Gasteiger partial charge is 0.433 e. The van der Waals surface area contributed by atoms with Crippen LogP contribution in [0.3, 0.4) is 0 Å². The molecule has 0 saturated heterocycles. The Labute approximate surface area is 148 Å². The van der Waals surface area contributed by atoms with Crippen molar-refractivity contribution in [3.05, 3.63) is 59.8 Å². The molecule has 0 aliphatic heterocycles. The molecule has 27 heavy (non-hydrogen) atoms. The summed E-state index contributed by atoms with van der Waals surface area (Å²) in [6, 6.07) is 8.69.